The first-order valence-electron chi connectivity index (χ1n) is 5.46. The Morgan fingerprint density at radius 1 is 0.944 bits per heavy atom. The van der Waals surface area contributed by atoms with Gasteiger partial charge in [0.25, 0.3) is 0 Å². The van der Waals surface area contributed by atoms with Crippen molar-refractivity contribution in [3.05, 3.63) is 59.9 Å². The monoisotopic (exact) mass is 320 g/mol. The van der Waals surface area contributed by atoms with Crippen molar-refractivity contribution in [1.82, 2.24) is 9.97 Å². The van der Waals surface area contributed by atoms with Gasteiger partial charge in [-0.1, -0.05) is 0 Å². The van der Waals surface area contributed by atoms with Crippen LogP contribution in [0.2, 0.25) is 5.15 Å². The summed E-state index contributed by atoms with van der Waals surface area (Å²) in [5.74, 6) is 0. The van der Waals surface area contributed by atoms with Crippen LogP contribution in [-0.4, -0.2) is 24.9 Å². The Bertz CT molecular complexity index is 700. The van der Waals surface area contributed by atoms with Gasteiger partial charge in [-0.3, -0.25) is 0 Å². The van der Waals surface area contributed by atoms with Gasteiger partial charge in [0.05, 0.1) is 0 Å². The molecule has 1 heterocycles. The molecule has 0 atom stereocenters. The van der Waals surface area contributed by atoms with Gasteiger partial charge in [-0.05, 0) is 0 Å². The van der Waals surface area contributed by atoms with E-state index in [1.165, 1.54) is 15.2 Å². The predicted molar refractivity (Wildman–Crippen MR) is 76.0 cm³/mol. The summed E-state index contributed by atoms with van der Waals surface area (Å²) in [6.45, 7) is 0. The third-order valence-electron chi connectivity index (χ3n) is 2.53. The van der Waals surface area contributed by atoms with Crippen LogP contribution in [0.4, 0.5) is 0 Å². The van der Waals surface area contributed by atoms with Crippen molar-refractivity contribution in [3.63, 3.8) is 0 Å². The molecule has 0 amide bonds. The van der Waals surface area contributed by atoms with E-state index in [9.17, 15) is 0 Å². The molecular weight excluding hydrogens is 311 g/mol. The van der Waals surface area contributed by atoms with Crippen molar-refractivity contribution in [2.75, 3.05) is 0 Å². The predicted octanol–water partition coefficient (Wildman–Crippen LogP) is 1.94. The van der Waals surface area contributed by atoms with E-state index < -0.39 is 0 Å². The topological polar surface area (TPSA) is 25.8 Å². The molecule has 0 spiro atoms. The van der Waals surface area contributed by atoms with Gasteiger partial charge in [0.2, 0.25) is 0 Å². The summed E-state index contributed by atoms with van der Waals surface area (Å²) in [5, 5.41) is 3.01. The van der Waals surface area contributed by atoms with Gasteiger partial charge in [-0.15, -0.1) is 0 Å². The first kappa shape index (κ1) is 11.7. The van der Waals surface area contributed by atoms with E-state index in [0.29, 0.717) is 5.15 Å². The molecule has 18 heavy (non-hydrogen) atoms. The van der Waals surface area contributed by atoms with Crippen LogP contribution in [0.3, 0.4) is 0 Å². The number of rotatable bonds is 2. The molecule has 0 fully saturated rings. The minimum atomic E-state index is 0.0922. The molecule has 88 valence electrons. The van der Waals surface area contributed by atoms with Crippen LogP contribution in [0.1, 0.15) is 0 Å². The Balaban J connectivity index is 1.95. The average molecular weight is 320 g/mol. The molecule has 0 saturated heterocycles. The summed E-state index contributed by atoms with van der Waals surface area (Å²) < 4.78 is 2.06. The molecule has 0 unspecified atom stereocenters. The van der Waals surface area contributed by atoms with Gasteiger partial charge >= 0.3 is 116 Å². The molecule has 3 aromatic rings. The molecule has 0 aliphatic rings. The van der Waals surface area contributed by atoms with Crippen LogP contribution < -0.4 is 9.18 Å². The number of hydrogen-bond acceptors (Lipinski definition) is 2. The second kappa shape index (κ2) is 5.07. The number of aromatic nitrogens is 2. The molecule has 3 rings (SSSR count). The summed E-state index contributed by atoms with van der Waals surface area (Å²) in [5.41, 5.74) is 0. The number of halogens is 1. The van der Waals surface area contributed by atoms with Crippen molar-refractivity contribution in [2.45, 2.75) is 0 Å². The number of nitrogens with zero attached hydrogens (tertiary/aromatic N) is 2. The van der Waals surface area contributed by atoms with Crippen molar-refractivity contribution in [3.8, 4) is 0 Å². The molecule has 0 bridgehead atoms. The van der Waals surface area contributed by atoms with Crippen molar-refractivity contribution < 1.29 is 0 Å². The van der Waals surface area contributed by atoms with Crippen LogP contribution in [0.5, 0.6) is 0 Å². The van der Waals surface area contributed by atoms with E-state index in [2.05, 4.69) is 46.4 Å². The minimum absolute atomic E-state index is 0.0922. The van der Waals surface area contributed by atoms with Crippen molar-refractivity contribution in [1.29, 1.82) is 0 Å². The van der Waals surface area contributed by atoms with E-state index in [1.807, 2.05) is 6.07 Å². The van der Waals surface area contributed by atoms with Crippen LogP contribution in [0.25, 0.3) is 10.8 Å². The van der Waals surface area contributed by atoms with Gasteiger partial charge in [-0.2, -0.15) is 0 Å². The van der Waals surface area contributed by atoms with Crippen LogP contribution in [0.15, 0.2) is 54.7 Å². The summed E-state index contributed by atoms with van der Waals surface area (Å²) in [6, 6.07) is 16.5. The van der Waals surface area contributed by atoms with Crippen LogP contribution >= 0.6 is 11.6 Å². The maximum absolute atomic E-state index is 5.87. The van der Waals surface area contributed by atoms with Crippen molar-refractivity contribution >= 4 is 46.5 Å². The number of fused-ring (bicyclic) bond motifs is 1. The first-order chi connectivity index (χ1) is 8.81. The third-order valence-corrected chi connectivity index (χ3v) is 4.56. The van der Waals surface area contributed by atoms with Crippen LogP contribution in [0, 0.1) is 0 Å². The fraction of sp³-hybridized carbons (Fsp3) is 0. The summed E-state index contributed by atoms with van der Waals surface area (Å²) in [7, 11) is 0. The van der Waals surface area contributed by atoms with Gasteiger partial charge < -0.3 is 0 Å². The second-order valence-electron chi connectivity index (χ2n) is 3.77. The molecule has 0 radical (unpaired) electrons. The Labute approximate surface area is 116 Å². The molecule has 0 saturated carbocycles. The van der Waals surface area contributed by atoms with E-state index in [4.69, 9.17) is 11.6 Å². The molecule has 0 aliphatic carbocycles. The van der Waals surface area contributed by atoms with E-state index >= 15 is 0 Å². The SMILES string of the molecule is Clc1ccnc([Se]c2ccc3ccccc3c2)n1. The normalized spacial score (nSPS) is 10.7. The number of benzene rings is 2. The zero-order valence-electron chi connectivity index (χ0n) is 9.38. The maximum atomic E-state index is 5.87. The van der Waals surface area contributed by atoms with Crippen LogP contribution in [-0.2, 0) is 0 Å². The van der Waals surface area contributed by atoms with E-state index in [1.54, 1.807) is 12.3 Å². The fourth-order valence-corrected chi connectivity index (χ4v) is 3.61. The van der Waals surface area contributed by atoms with E-state index in [0.717, 1.165) is 4.72 Å². The summed E-state index contributed by atoms with van der Waals surface area (Å²) in [6.07, 6.45) is 1.70. The average Bonchev–Trinajstić information content (AvgIpc) is 2.39. The van der Waals surface area contributed by atoms with Crippen molar-refractivity contribution in [2.24, 2.45) is 0 Å². The molecule has 0 N–H and O–H groups in total. The zero-order valence-corrected chi connectivity index (χ0v) is 11.8. The molecular formula is C14H9ClN2Se. The second-order valence-corrected chi connectivity index (χ2v) is 6.34. The zero-order chi connectivity index (χ0) is 12.4. The summed E-state index contributed by atoms with van der Waals surface area (Å²) in [4.78, 5) is 8.48. The Morgan fingerprint density at radius 3 is 2.61 bits per heavy atom. The molecule has 4 heteroatoms. The fourth-order valence-electron chi connectivity index (χ4n) is 1.71. The Morgan fingerprint density at radius 2 is 1.78 bits per heavy atom. The van der Waals surface area contributed by atoms with Gasteiger partial charge in [0.15, 0.2) is 0 Å². The summed E-state index contributed by atoms with van der Waals surface area (Å²) >= 11 is 5.96. The molecule has 1 aromatic heterocycles. The van der Waals surface area contributed by atoms with Gasteiger partial charge in [0, 0.05) is 0 Å². The first-order valence-corrected chi connectivity index (χ1v) is 7.55. The van der Waals surface area contributed by atoms with E-state index in [-0.39, 0.29) is 15.0 Å². The Kier molecular flexibility index (Phi) is 3.28. The number of hydrogen-bond donors (Lipinski definition) is 0. The Hall–Kier alpha value is -1.41. The standard InChI is InChI=1S/C14H9ClN2Se/c15-13-7-8-16-14(17-13)18-12-6-5-10-3-1-2-4-11(10)9-12/h1-9H. The molecule has 2 aromatic carbocycles. The molecule has 0 aliphatic heterocycles. The quantitative estimate of drug-likeness (QED) is 0.533. The third kappa shape index (κ3) is 2.54. The van der Waals surface area contributed by atoms with Gasteiger partial charge in [-0.25, -0.2) is 0 Å². The van der Waals surface area contributed by atoms with Gasteiger partial charge in [0.1, 0.15) is 0 Å². The molecule has 2 nitrogen and oxygen atoms in total.